The van der Waals surface area contributed by atoms with E-state index in [1.807, 2.05) is 0 Å². The minimum atomic E-state index is 0.556. The third-order valence-corrected chi connectivity index (χ3v) is 5.47. The van der Waals surface area contributed by atoms with Crippen molar-refractivity contribution in [3.8, 4) is 5.75 Å². The van der Waals surface area contributed by atoms with Gasteiger partial charge in [-0.15, -0.1) is 0 Å². The Labute approximate surface area is 121 Å². The average Bonchev–Trinajstić information content (AvgIpc) is 3.10. The summed E-state index contributed by atoms with van der Waals surface area (Å²) < 4.78 is 5.75. The molecule has 108 valence electrons. The van der Waals surface area contributed by atoms with E-state index in [9.17, 15) is 0 Å². The smallest absolute Gasteiger partial charge is 0.122 e. The van der Waals surface area contributed by atoms with E-state index in [0.29, 0.717) is 6.04 Å². The molecule has 3 unspecified atom stereocenters. The summed E-state index contributed by atoms with van der Waals surface area (Å²) in [6.07, 6.45) is 6.73. The molecular weight excluding hydrogens is 246 g/mol. The van der Waals surface area contributed by atoms with Gasteiger partial charge >= 0.3 is 0 Å². The first-order chi connectivity index (χ1) is 9.85. The molecule has 1 aromatic rings. The SMILES string of the molecule is CCNC(c1ccc2c(c1)CCCO2)C1CC2CC2C1. The molecule has 4 rings (SSSR count). The van der Waals surface area contributed by atoms with Crippen molar-refractivity contribution in [3.63, 3.8) is 0 Å². The van der Waals surface area contributed by atoms with Gasteiger partial charge in [-0.05, 0) is 73.6 Å². The summed E-state index contributed by atoms with van der Waals surface area (Å²) in [7, 11) is 0. The zero-order valence-electron chi connectivity index (χ0n) is 12.4. The van der Waals surface area contributed by atoms with Crippen molar-refractivity contribution < 1.29 is 4.74 Å². The Morgan fingerprint density at radius 1 is 1.25 bits per heavy atom. The number of nitrogens with one attached hydrogen (secondary N) is 1. The molecule has 3 aliphatic rings. The van der Waals surface area contributed by atoms with Gasteiger partial charge in [-0.3, -0.25) is 0 Å². The summed E-state index contributed by atoms with van der Waals surface area (Å²) in [5.41, 5.74) is 2.90. The van der Waals surface area contributed by atoms with Gasteiger partial charge in [0.05, 0.1) is 6.61 Å². The molecular formula is C18H25NO. The van der Waals surface area contributed by atoms with E-state index in [2.05, 4.69) is 30.4 Å². The summed E-state index contributed by atoms with van der Waals surface area (Å²) in [4.78, 5) is 0. The van der Waals surface area contributed by atoms with Gasteiger partial charge in [-0.2, -0.15) is 0 Å². The van der Waals surface area contributed by atoms with Crippen LogP contribution in [0.4, 0.5) is 0 Å². The Morgan fingerprint density at radius 2 is 2.10 bits per heavy atom. The maximum Gasteiger partial charge on any atom is 0.122 e. The Bertz CT molecular complexity index is 488. The molecule has 0 aromatic heterocycles. The molecule has 1 aliphatic heterocycles. The summed E-state index contributed by atoms with van der Waals surface area (Å²) in [6, 6.07) is 7.46. The van der Waals surface area contributed by atoms with Crippen molar-refractivity contribution in [2.45, 2.75) is 45.1 Å². The molecule has 2 fully saturated rings. The van der Waals surface area contributed by atoms with E-state index in [0.717, 1.165) is 43.1 Å². The van der Waals surface area contributed by atoms with Crippen molar-refractivity contribution in [3.05, 3.63) is 29.3 Å². The van der Waals surface area contributed by atoms with Crippen LogP contribution < -0.4 is 10.1 Å². The molecule has 20 heavy (non-hydrogen) atoms. The van der Waals surface area contributed by atoms with Crippen molar-refractivity contribution in [1.29, 1.82) is 0 Å². The molecule has 0 spiro atoms. The van der Waals surface area contributed by atoms with Crippen molar-refractivity contribution in [1.82, 2.24) is 5.32 Å². The number of aryl methyl sites for hydroxylation is 1. The number of benzene rings is 1. The predicted octanol–water partition coefficient (Wildman–Crippen LogP) is 3.71. The lowest BCUT2D eigenvalue weighted by Gasteiger charge is -2.28. The fraction of sp³-hybridized carbons (Fsp3) is 0.667. The van der Waals surface area contributed by atoms with Crippen LogP contribution in [0.2, 0.25) is 0 Å². The molecule has 0 amide bonds. The molecule has 0 bridgehead atoms. The van der Waals surface area contributed by atoms with Crippen LogP contribution in [0.3, 0.4) is 0 Å². The average molecular weight is 271 g/mol. The first-order valence-electron chi connectivity index (χ1n) is 8.34. The quantitative estimate of drug-likeness (QED) is 0.901. The Balaban J connectivity index is 1.58. The molecule has 1 aromatic carbocycles. The van der Waals surface area contributed by atoms with E-state index in [-0.39, 0.29) is 0 Å². The number of hydrogen-bond donors (Lipinski definition) is 1. The summed E-state index contributed by atoms with van der Waals surface area (Å²) in [5, 5.41) is 3.75. The van der Waals surface area contributed by atoms with Crippen molar-refractivity contribution in [2.75, 3.05) is 13.2 Å². The predicted molar refractivity (Wildman–Crippen MR) is 81.0 cm³/mol. The minimum absolute atomic E-state index is 0.556. The maximum absolute atomic E-state index is 5.75. The molecule has 3 atom stereocenters. The second-order valence-electron chi connectivity index (χ2n) is 6.84. The second-order valence-corrected chi connectivity index (χ2v) is 6.84. The molecule has 2 nitrogen and oxygen atoms in total. The highest BCUT2D eigenvalue weighted by Crippen LogP contribution is 2.57. The molecule has 2 aliphatic carbocycles. The van der Waals surface area contributed by atoms with Gasteiger partial charge in [0.15, 0.2) is 0 Å². The Hall–Kier alpha value is -1.02. The van der Waals surface area contributed by atoms with Crippen LogP contribution in [-0.4, -0.2) is 13.2 Å². The Kier molecular flexibility index (Phi) is 3.22. The molecule has 0 saturated heterocycles. The first-order valence-corrected chi connectivity index (χ1v) is 8.34. The van der Waals surface area contributed by atoms with Crippen LogP contribution in [0.5, 0.6) is 5.75 Å². The third-order valence-electron chi connectivity index (χ3n) is 5.47. The fourth-order valence-electron chi connectivity index (χ4n) is 4.38. The van der Waals surface area contributed by atoms with E-state index < -0.39 is 0 Å². The van der Waals surface area contributed by atoms with E-state index in [4.69, 9.17) is 4.74 Å². The standard InChI is InChI=1S/C18H25NO/c1-2-19-18(16-10-14-9-15(14)11-16)13-5-6-17-12(8-13)4-3-7-20-17/h5-6,8,14-16,18-19H,2-4,7,9-11H2,1H3. The van der Waals surface area contributed by atoms with Gasteiger partial charge < -0.3 is 10.1 Å². The first kappa shape index (κ1) is 12.7. The van der Waals surface area contributed by atoms with Crippen LogP contribution in [0.15, 0.2) is 18.2 Å². The van der Waals surface area contributed by atoms with Gasteiger partial charge in [-0.25, -0.2) is 0 Å². The Morgan fingerprint density at radius 3 is 2.90 bits per heavy atom. The van der Waals surface area contributed by atoms with E-state index >= 15 is 0 Å². The van der Waals surface area contributed by atoms with E-state index in [1.54, 1.807) is 0 Å². The van der Waals surface area contributed by atoms with Gasteiger partial charge in [0.1, 0.15) is 5.75 Å². The highest BCUT2D eigenvalue weighted by atomic mass is 16.5. The zero-order chi connectivity index (χ0) is 13.5. The summed E-state index contributed by atoms with van der Waals surface area (Å²) in [5.74, 6) is 4.08. The molecule has 2 heteroatoms. The number of fused-ring (bicyclic) bond motifs is 2. The van der Waals surface area contributed by atoms with E-state index in [1.165, 1.54) is 36.8 Å². The largest absolute Gasteiger partial charge is 0.493 e. The fourth-order valence-corrected chi connectivity index (χ4v) is 4.38. The van der Waals surface area contributed by atoms with Crippen LogP contribution in [0.1, 0.15) is 49.8 Å². The van der Waals surface area contributed by atoms with Gasteiger partial charge in [0, 0.05) is 6.04 Å². The number of ether oxygens (including phenoxy) is 1. The normalized spacial score (nSPS) is 32.1. The highest BCUT2D eigenvalue weighted by Gasteiger charge is 2.47. The van der Waals surface area contributed by atoms with Crippen LogP contribution in [0.25, 0.3) is 0 Å². The lowest BCUT2D eigenvalue weighted by atomic mass is 9.87. The second kappa shape index (κ2) is 5.07. The van der Waals surface area contributed by atoms with Crippen LogP contribution >= 0.6 is 0 Å². The lowest BCUT2D eigenvalue weighted by Crippen LogP contribution is -2.28. The molecule has 1 heterocycles. The van der Waals surface area contributed by atoms with Crippen molar-refractivity contribution >= 4 is 0 Å². The van der Waals surface area contributed by atoms with Gasteiger partial charge in [0.25, 0.3) is 0 Å². The number of rotatable bonds is 4. The monoisotopic (exact) mass is 271 g/mol. The topological polar surface area (TPSA) is 21.3 Å². The van der Waals surface area contributed by atoms with Crippen LogP contribution in [0, 0.1) is 17.8 Å². The molecule has 0 radical (unpaired) electrons. The van der Waals surface area contributed by atoms with Gasteiger partial charge in [-0.1, -0.05) is 19.1 Å². The maximum atomic E-state index is 5.75. The number of hydrogen-bond acceptors (Lipinski definition) is 2. The summed E-state index contributed by atoms with van der Waals surface area (Å²) >= 11 is 0. The zero-order valence-corrected chi connectivity index (χ0v) is 12.4. The third kappa shape index (κ3) is 2.24. The molecule has 1 N–H and O–H groups in total. The summed E-state index contributed by atoms with van der Waals surface area (Å²) in [6.45, 7) is 4.17. The van der Waals surface area contributed by atoms with Gasteiger partial charge in [0.2, 0.25) is 0 Å². The molecule has 2 saturated carbocycles. The minimum Gasteiger partial charge on any atom is -0.493 e. The highest BCUT2D eigenvalue weighted by molar-refractivity contribution is 5.40. The van der Waals surface area contributed by atoms with Crippen molar-refractivity contribution in [2.24, 2.45) is 17.8 Å². The van der Waals surface area contributed by atoms with Crippen LogP contribution in [-0.2, 0) is 6.42 Å². The lowest BCUT2D eigenvalue weighted by molar-refractivity contribution is 0.287.